The van der Waals surface area contributed by atoms with E-state index in [0.29, 0.717) is 18.7 Å². The molecule has 1 amide bonds. The maximum atomic E-state index is 13.0. The fourth-order valence-corrected chi connectivity index (χ4v) is 3.11. The van der Waals surface area contributed by atoms with Crippen molar-refractivity contribution in [3.8, 4) is 0 Å². The zero-order valence-corrected chi connectivity index (χ0v) is 13.3. The van der Waals surface area contributed by atoms with Crippen molar-refractivity contribution >= 4 is 11.7 Å². The van der Waals surface area contributed by atoms with Crippen LogP contribution in [-0.4, -0.2) is 23.1 Å². The molecule has 0 bridgehead atoms. The summed E-state index contributed by atoms with van der Waals surface area (Å²) in [7, 11) is 0. The summed E-state index contributed by atoms with van der Waals surface area (Å²) in [6.45, 7) is 3.24. The van der Waals surface area contributed by atoms with Gasteiger partial charge >= 0.3 is 0 Å². The zero-order valence-electron chi connectivity index (χ0n) is 13.3. The Kier molecular flexibility index (Phi) is 4.60. The van der Waals surface area contributed by atoms with Crippen LogP contribution in [0, 0.1) is 0 Å². The van der Waals surface area contributed by atoms with E-state index < -0.39 is 0 Å². The second-order valence-electron chi connectivity index (χ2n) is 5.96. The molecule has 4 heteroatoms. The van der Waals surface area contributed by atoms with Gasteiger partial charge < -0.3 is 9.32 Å². The molecule has 0 spiro atoms. The molecule has 1 heterocycles. The lowest BCUT2D eigenvalue weighted by Gasteiger charge is -2.25. The summed E-state index contributed by atoms with van der Waals surface area (Å²) in [5.74, 6) is 0.498. The molecule has 2 aromatic rings. The third kappa shape index (κ3) is 3.21. The smallest absolute Gasteiger partial charge is 0.231 e. The number of hydrogen-bond donors (Lipinski definition) is 0. The molecule has 3 rings (SSSR count). The molecule has 1 aromatic heterocycles. The minimum atomic E-state index is -0.356. The molecule has 1 unspecified atom stereocenters. The highest BCUT2D eigenvalue weighted by molar-refractivity contribution is 6.06. The van der Waals surface area contributed by atoms with Crippen LogP contribution in [0.5, 0.6) is 0 Å². The molecule has 1 atom stereocenters. The van der Waals surface area contributed by atoms with Crippen molar-refractivity contribution in [2.24, 2.45) is 0 Å². The number of unbranched alkanes of at least 4 members (excludes halogenated alkanes) is 1. The first-order chi connectivity index (χ1) is 11.2. The SMILES string of the molecule is CCCCN(Cc1ccco1)C(=O)C1CC(=O)c2ccccc21. The van der Waals surface area contributed by atoms with Crippen LogP contribution < -0.4 is 0 Å². The van der Waals surface area contributed by atoms with Crippen LogP contribution >= 0.6 is 0 Å². The quantitative estimate of drug-likeness (QED) is 0.816. The molecule has 1 aliphatic rings. The van der Waals surface area contributed by atoms with Crippen molar-refractivity contribution in [1.82, 2.24) is 4.90 Å². The molecule has 4 nitrogen and oxygen atoms in total. The summed E-state index contributed by atoms with van der Waals surface area (Å²) in [4.78, 5) is 27.0. The van der Waals surface area contributed by atoms with Gasteiger partial charge in [-0.15, -0.1) is 0 Å². The molecule has 0 aliphatic heterocycles. The van der Waals surface area contributed by atoms with Gasteiger partial charge in [0.1, 0.15) is 5.76 Å². The topological polar surface area (TPSA) is 50.5 Å². The largest absolute Gasteiger partial charge is 0.467 e. The maximum Gasteiger partial charge on any atom is 0.231 e. The summed E-state index contributed by atoms with van der Waals surface area (Å²) < 4.78 is 5.39. The highest BCUT2D eigenvalue weighted by Crippen LogP contribution is 2.34. The van der Waals surface area contributed by atoms with Gasteiger partial charge in [0.2, 0.25) is 5.91 Å². The predicted molar refractivity (Wildman–Crippen MR) is 87.2 cm³/mol. The summed E-state index contributed by atoms with van der Waals surface area (Å²) >= 11 is 0. The number of hydrogen-bond acceptors (Lipinski definition) is 3. The lowest BCUT2D eigenvalue weighted by Crippen LogP contribution is -2.35. The van der Waals surface area contributed by atoms with Crippen molar-refractivity contribution in [3.05, 3.63) is 59.5 Å². The molecular weight excluding hydrogens is 290 g/mol. The monoisotopic (exact) mass is 311 g/mol. The van der Waals surface area contributed by atoms with E-state index in [0.717, 1.165) is 24.2 Å². The van der Waals surface area contributed by atoms with Crippen molar-refractivity contribution < 1.29 is 14.0 Å². The lowest BCUT2D eigenvalue weighted by atomic mass is 9.99. The highest BCUT2D eigenvalue weighted by Gasteiger charge is 2.36. The van der Waals surface area contributed by atoms with Crippen LogP contribution in [0.1, 0.15) is 53.8 Å². The van der Waals surface area contributed by atoms with E-state index >= 15 is 0 Å². The van der Waals surface area contributed by atoms with Gasteiger partial charge in [-0.05, 0) is 24.1 Å². The van der Waals surface area contributed by atoms with Crippen LogP contribution in [0.4, 0.5) is 0 Å². The second-order valence-corrected chi connectivity index (χ2v) is 5.96. The summed E-state index contributed by atoms with van der Waals surface area (Å²) in [5, 5.41) is 0. The zero-order chi connectivity index (χ0) is 16.2. The third-order valence-electron chi connectivity index (χ3n) is 4.34. The average molecular weight is 311 g/mol. The number of benzene rings is 1. The van der Waals surface area contributed by atoms with E-state index in [-0.39, 0.29) is 24.0 Å². The van der Waals surface area contributed by atoms with Crippen LogP contribution in [0.25, 0.3) is 0 Å². The number of furan rings is 1. The molecule has 0 fully saturated rings. The fourth-order valence-electron chi connectivity index (χ4n) is 3.11. The van der Waals surface area contributed by atoms with Crippen molar-refractivity contribution in [1.29, 1.82) is 0 Å². The van der Waals surface area contributed by atoms with E-state index in [9.17, 15) is 9.59 Å². The van der Waals surface area contributed by atoms with Crippen molar-refractivity contribution in [2.75, 3.05) is 6.54 Å². The number of rotatable bonds is 6. The molecule has 120 valence electrons. The number of ketones is 1. The van der Waals surface area contributed by atoms with Gasteiger partial charge in [0.05, 0.1) is 18.7 Å². The van der Waals surface area contributed by atoms with Crippen LogP contribution in [0.3, 0.4) is 0 Å². The Labute approximate surface area is 136 Å². The molecule has 23 heavy (non-hydrogen) atoms. The van der Waals surface area contributed by atoms with E-state index in [1.165, 1.54) is 0 Å². The Bertz CT molecular complexity index is 690. The van der Waals surface area contributed by atoms with E-state index in [1.54, 1.807) is 6.26 Å². The summed E-state index contributed by atoms with van der Waals surface area (Å²) in [6, 6.07) is 11.1. The van der Waals surface area contributed by atoms with Gasteiger partial charge in [-0.1, -0.05) is 37.6 Å². The third-order valence-corrected chi connectivity index (χ3v) is 4.34. The fraction of sp³-hybridized carbons (Fsp3) is 0.368. The molecule has 0 saturated carbocycles. The molecule has 0 saturated heterocycles. The number of Topliss-reactive ketones (excluding diaryl/α,β-unsaturated/α-hetero) is 1. The molecular formula is C19H21NO3. The van der Waals surface area contributed by atoms with E-state index in [1.807, 2.05) is 41.3 Å². The normalized spacial score (nSPS) is 16.4. The number of carbonyl (C=O) groups is 2. The lowest BCUT2D eigenvalue weighted by molar-refractivity contribution is -0.133. The standard InChI is InChI=1S/C19H21NO3/c1-2-3-10-20(13-14-7-6-11-23-14)19(22)17-12-18(21)16-9-5-4-8-15(16)17/h4-9,11,17H,2-3,10,12-13H2,1H3. The first kappa shape index (κ1) is 15.5. The highest BCUT2D eigenvalue weighted by atomic mass is 16.3. The van der Waals surface area contributed by atoms with Crippen LogP contribution in [0.15, 0.2) is 47.1 Å². The average Bonchev–Trinajstić information content (AvgIpc) is 3.19. The van der Waals surface area contributed by atoms with Gasteiger partial charge in [0.25, 0.3) is 0 Å². The van der Waals surface area contributed by atoms with Gasteiger partial charge in [0.15, 0.2) is 5.78 Å². The maximum absolute atomic E-state index is 13.0. The first-order valence-electron chi connectivity index (χ1n) is 8.14. The Hall–Kier alpha value is -2.36. The Morgan fingerprint density at radius 2 is 2.09 bits per heavy atom. The van der Waals surface area contributed by atoms with Gasteiger partial charge in [-0.3, -0.25) is 9.59 Å². The van der Waals surface area contributed by atoms with Crippen molar-refractivity contribution in [3.63, 3.8) is 0 Å². The summed E-state index contributed by atoms with van der Waals surface area (Å²) in [6.07, 6.45) is 3.85. The Morgan fingerprint density at radius 3 is 2.83 bits per heavy atom. The first-order valence-corrected chi connectivity index (χ1v) is 8.14. The molecule has 0 N–H and O–H groups in total. The Balaban J connectivity index is 1.82. The Morgan fingerprint density at radius 1 is 1.26 bits per heavy atom. The molecule has 1 aliphatic carbocycles. The number of nitrogens with zero attached hydrogens (tertiary/aromatic N) is 1. The number of carbonyl (C=O) groups excluding carboxylic acids is 2. The summed E-state index contributed by atoms with van der Waals surface area (Å²) in [5.41, 5.74) is 1.56. The van der Waals surface area contributed by atoms with Gasteiger partial charge in [-0.2, -0.15) is 0 Å². The number of fused-ring (bicyclic) bond motifs is 1. The van der Waals surface area contributed by atoms with Gasteiger partial charge in [0, 0.05) is 18.5 Å². The van der Waals surface area contributed by atoms with Crippen LogP contribution in [0.2, 0.25) is 0 Å². The molecule has 0 radical (unpaired) electrons. The number of amides is 1. The van der Waals surface area contributed by atoms with E-state index in [4.69, 9.17) is 4.42 Å². The van der Waals surface area contributed by atoms with Gasteiger partial charge in [-0.25, -0.2) is 0 Å². The second kappa shape index (κ2) is 6.82. The predicted octanol–water partition coefficient (Wildman–Crippen LogP) is 3.78. The molecule has 1 aromatic carbocycles. The minimum absolute atomic E-state index is 0.0214. The van der Waals surface area contributed by atoms with Crippen molar-refractivity contribution in [2.45, 2.75) is 38.6 Å². The minimum Gasteiger partial charge on any atom is -0.467 e. The van der Waals surface area contributed by atoms with E-state index in [2.05, 4.69) is 6.92 Å². The van der Waals surface area contributed by atoms with Crippen LogP contribution in [-0.2, 0) is 11.3 Å².